The van der Waals surface area contributed by atoms with Gasteiger partial charge in [0.05, 0.1) is 22.0 Å². The topological polar surface area (TPSA) is 76.2 Å². The summed E-state index contributed by atoms with van der Waals surface area (Å²) in [4.78, 5) is 13.2. The van der Waals surface area contributed by atoms with Crippen LogP contribution in [0.5, 0.6) is 0 Å². The first-order chi connectivity index (χ1) is 16.0. The zero-order valence-corrected chi connectivity index (χ0v) is 19.7. The fraction of sp³-hybridized carbons (Fsp3) is 0.400. The van der Waals surface area contributed by atoms with E-state index in [-0.39, 0.29) is 10.6 Å². The summed E-state index contributed by atoms with van der Waals surface area (Å²) in [5.74, 6) is 0.685. The molecule has 0 saturated carbocycles. The minimum Gasteiger partial charge on any atom is -0.311 e. The van der Waals surface area contributed by atoms with Crippen molar-refractivity contribution in [2.24, 2.45) is 5.92 Å². The third kappa shape index (κ3) is 5.99. The van der Waals surface area contributed by atoms with E-state index in [1.165, 1.54) is 51.0 Å². The molecule has 1 fully saturated rings. The maximum absolute atomic E-state index is 11.0. The first kappa shape index (κ1) is 23.4. The van der Waals surface area contributed by atoms with Crippen LogP contribution in [0.4, 0.5) is 5.69 Å². The number of halogens is 1. The van der Waals surface area contributed by atoms with E-state index in [9.17, 15) is 10.1 Å². The molecular formula is C25H30ClN5O2. The molecule has 0 atom stereocenters. The third-order valence-electron chi connectivity index (χ3n) is 6.21. The van der Waals surface area contributed by atoms with Crippen molar-refractivity contribution in [2.45, 2.75) is 32.7 Å². The number of benzene rings is 2. The van der Waals surface area contributed by atoms with Crippen LogP contribution in [0.15, 0.2) is 54.6 Å². The van der Waals surface area contributed by atoms with Gasteiger partial charge in [-0.05, 0) is 81.7 Å². The largest absolute Gasteiger partial charge is 0.311 e. The van der Waals surface area contributed by atoms with Crippen LogP contribution in [-0.2, 0) is 6.54 Å². The lowest BCUT2D eigenvalue weighted by molar-refractivity contribution is -0.384. The Bertz CT molecular complexity index is 1060. The first-order valence-corrected chi connectivity index (χ1v) is 11.9. The molecule has 33 heavy (non-hydrogen) atoms. The van der Waals surface area contributed by atoms with Gasteiger partial charge in [0.1, 0.15) is 0 Å². The van der Waals surface area contributed by atoms with Gasteiger partial charge in [-0.25, -0.2) is 4.68 Å². The summed E-state index contributed by atoms with van der Waals surface area (Å²) >= 11 is 6.05. The molecule has 7 nitrogen and oxygen atoms in total. The second-order valence-corrected chi connectivity index (χ2v) is 9.07. The average molecular weight is 468 g/mol. The molecule has 0 bridgehead atoms. The van der Waals surface area contributed by atoms with Gasteiger partial charge in [0.15, 0.2) is 0 Å². The van der Waals surface area contributed by atoms with Crippen molar-refractivity contribution < 1.29 is 4.92 Å². The van der Waals surface area contributed by atoms with Crippen LogP contribution in [-0.4, -0.2) is 45.8 Å². The molecule has 1 aromatic heterocycles. The predicted molar refractivity (Wildman–Crippen MR) is 132 cm³/mol. The van der Waals surface area contributed by atoms with Crippen LogP contribution in [0.3, 0.4) is 0 Å². The highest BCUT2D eigenvalue weighted by atomic mass is 35.5. The first-order valence-electron chi connectivity index (χ1n) is 11.6. The van der Waals surface area contributed by atoms with Gasteiger partial charge in [0, 0.05) is 29.3 Å². The summed E-state index contributed by atoms with van der Waals surface area (Å²) in [6.07, 6.45) is 3.67. The summed E-state index contributed by atoms with van der Waals surface area (Å²) in [7, 11) is 0. The van der Waals surface area contributed by atoms with Gasteiger partial charge in [0.25, 0.3) is 5.69 Å². The number of aromatic nitrogens is 2. The number of nitro groups is 1. The van der Waals surface area contributed by atoms with E-state index in [1.807, 2.05) is 28.9 Å². The molecule has 3 aromatic rings. The van der Waals surface area contributed by atoms with Crippen LogP contribution >= 0.6 is 11.6 Å². The van der Waals surface area contributed by atoms with Crippen molar-refractivity contribution >= 4 is 17.3 Å². The molecule has 0 radical (unpaired) electrons. The number of nitrogens with one attached hydrogen (secondary N) is 1. The molecule has 1 aliphatic heterocycles. The Balaban J connectivity index is 1.49. The minimum absolute atomic E-state index is 0.0675. The van der Waals surface area contributed by atoms with Crippen molar-refractivity contribution in [3.05, 3.63) is 75.4 Å². The standard InChI is InChI=1S/C25H30ClN5O2/c1-2-13-29-14-11-19(12-15-29)17-27-18-24-16-25(20-3-5-21(26)6-4-20)28-30(24)22-7-9-23(10-8-22)31(32)33/h3-10,16,19,27H,2,11-15,17-18H2,1H3. The Kier molecular flexibility index (Phi) is 7.75. The molecule has 0 spiro atoms. The molecular weight excluding hydrogens is 438 g/mol. The normalized spacial score (nSPS) is 15.1. The Morgan fingerprint density at radius 3 is 2.45 bits per heavy atom. The van der Waals surface area contributed by atoms with Gasteiger partial charge >= 0.3 is 0 Å². The number of hydrogen-bond acceptors (Lipinski definition) is 5. The molecule has 0 unspecified atom stereocenters. The molecule has 0 aliphatic carbocycles. The number of nitro benzene ring substituents is 1. The number of piperidine rings is 1. The van der Waals surface area contributed by atoms with E-state index in [1.54, 1.807) is 12.1 Å². The molecule has 0 amide bonds. The van der Waals surface area contributed by atoms with Gasteiger partial charge in [-0.15, -0.1) is 0 Å². The van der Waals surface area contributed by atoms with Crippen molar-refractivity contribution in [2.75, 3.05) is 26.2 Å². The second kappa shape index (κ2) is 10.9. The molecule has 174 valence electrons. The fourth-order valence-electron chi connectivity index (χ4n) is 4.38. The fourth-order valence-corrected chi connectivity index (χ4v) is 4.51. The van der Waals surface area contributed by atoms with Crippen molar-refractivity contribution in [3.8, 4) is 16.9 Å². The smallest absolute Gasteiger partial charge is 0.269 e. The molecule has 4 rings (SSSR count). The highest BCUT2D eigenvalue weighted by molar-refractivity contribution is 6.30. The van der Waals surface area contributed by atoms with Gasteiger partial charge in [-0.1, -0.05) is 30.7 Å². The zero-order chi connectivity index (χ0) is 23.2. The predicted octanol–water partition coefficient (Wildman–Crippen LogP) is 5.31. The van der Waals surface area contributed by atoms with E-state index in [4.69, 9.17) is 16.7 Å². The average Bonchev–Trinajstić information content (AvgIpc) is 3.25. The van der Waals surface area contributed by atoms with Crippen molar-refractivity contribution in [1.82, 2.24) is 20.0 Å². The number of non-ortho nitro benzene ring substituents is 1. The van der Waals surface area contributed by atoms with Crippen LogP contribution in [0, 0.1) is 16.0 Å². The van der Waals surface area contributed by atoms with E-state index in [0.29, 0.717) is 17.5 Å². The lowest BCUT2D eigenvalue weighted by Crippen LogP contribution is -2.37. The SMILES string of the molecule is CCCN1CCC(CNCc2cc(-c3ccc(Cl)cc3)nn2-c2ccc([N+](=O)[O-])cc2)CC1. The summed E-state index contributed by atoms with van der Waals surface area (Å²) in [5, 5.41) is 20.2. The lowest BCUT2D eigenvalue weighted by Gasteiger charge is -2.31. The molecule has 2 aromatic carbocycles. The Morgan fingerprint density at radius 2 is 1.82 bits per heavy atom. The quantitative estimate of drug-likeness (QED) is 0.341. The minimum atomic E-state index is -0.389. The van der Waals surface area contributed by atoms with Crippen LogP contribution in [0.2, 0.25) is 5.02 Å². The molecule has 1 N–H and O–H groups in total. The Morgan fingerprint density at radius 1 is 1.12 bits per heavy atom. The summed E-state index contributed by atoms with van der Waals surface area (Å²) < 4.78 is 1.87. The Hall–Kier alpha value is -2.74. The van der Waals surface area contributed by atoms with Crippen LogP contribution in [0.25, 0.3) is 16.9 Å². The van der Waals surface area contributed by atoms with Gasteiger partial charge < -0.3 is 10.2 Å². The maximum Gasteiger partial charge on any atom is 0.269 e. The van der Waals surface area contributed by atoms with Crippen molar-refractivity contribution in [1.29, 1.82) is 0 Å². The number of rotatable bonds is 9. The van der Waals surface area contributed by atoms with Gasteiger partial charge in [-0.2, -0.15) is 5.10 Å². The van der Waals surface area contributed by atoms with E-state index >= 15 is 0 Å². The Labute approximate surface area is 199 Å². The summed E-state index contributed by atoms with van der Waals surface area (Å²) in [6.45, 7) is 7.44. The number of likely N-dealkylation sites (tertiary alicyclic amines) is 1. The maximum atomic E-state index is 11.0. The number of hydrogen-bond donors (Lipinski definition) is 1. The zero-order valence-electron chi connectivity index (χ0n) is 18.9. The van der Waals surface area contributed by atoms with Crippen molar-refractivity contribution in [3.63, 3.8) is 0 Å². The molecule has 1 aliphatic rings. The third-order valence-corrected chi connectivity index (χ3v) is 6.47. The second-order valence-electron chi connectivity index (χ2n) is 8.63. The lowest BCUT2D eigenvalue weighted by atomic mass is 9.96. The van der Waals surface area contributed by atoms with E-state index in [0.717, 1.165) is 29.2 Å². The van der Waals surface area contributed by atoms with E-state index < -0.39 is 0 Å². The summed E-state index contributed by atoms with van der Waals surface area (Å²) in [5.41, 5.74) is 3.69. The number of nitrogens with zero attached hydrogens (tertiary/aromatic N) is 4. The van der Waals surface area contributed by atoms with Crippen LogP contribution in [0.1, 0.15) is 31.9 Å². The molecule has 1 saturated heterocycles. The highest BCUT2D eigenvalue weighted by Crippen LogP contribution is 2.25. The molecule has 2 heterocycles. The monoisotopic (exact) mass is 467 g/mol. The van der Waals surface area contributed by atoms with Gasteiger partial charge in [-0.3, -0.25) is 10.1 Å². The van der Waals surface area contributed by atoms with Gasteiger partial charge in [0.2, 0.25) is 0 Å². The van der Waals surface area contributed by atoms with Crippen LogP contribution < -0.4 is 5.32 Å². The molecule has 8 heteroatoms. The summed E-state index contributed by atoms with van der Waals surface area (Å²) in [6, 6.07) is 16.2. The highest BCUT2D eigenvalue weighted by Gasteiger charge is 2.19. The van der Waals surface area contributed by atoms with E-state index in [2.05, 4.69) is 23.2 Å².